The van der Waals surface area contributed by atoms with Crippen molar-refractivity contribution >= 4 is 22.4 Å². The van der Waals surface area contributed by atoms with E-state index < -0.39 is 0 Å². The number of hydrogen-bond donors (Lipinski definition) is 2. The summed E-state index contributed by atoms with van der Waals surface area (Å²) in [5, 5.41) is 4.57. The molecule has 0 spiro atoms. The largest absolute Gasteiger partial charge is 0.329 e. The van der Waals surface area contributed by atoms with Crippen LogP contribution < -0.4 is 10.9 Å². The van der Waals surface area contributed by atoms with Crippen LogP contribution in [0.2, 0.25) is 0 Å². The minimum absolute atomic E-state index is 0.0983. The zero-order valence-electron chi connectivity index (χ0n) is 11.8. The van der Waals surface area contributed by atoms with E-state index in [1.165, 1.54) is 12.8 Å². The Labute approximate surface area is 122 Å². The molecule has 2 aliphatic rings. The number of carbonyl (C=O) groups is 1. The van der Waals surface area contributed by atoms with E-state index in [4.69, 9.17) is 0 Å². The molecule has 2 saturated carbocycles. The van der Waals surface area contributed by atoms with Crippen molar-refractivity contribution in [3.05, 3.63) is 40.8 Å². The molecular weight excluding hydrogens is 264 g/mol. The van der Waals surface area contributed by atoms with Gasteiger partial charge >= 0.3 is 0 Å². The zero-order valence-corrected chi connectivity index (χ0v) is 11.8. The lowest BCUT2D eigenvalue weighted by molar-refractivity contribution is -0.132. The van der Waals surface area contributed by atoms with Crippen LogP contribution in [-0.2, 0) is 4.79 Å². The summed E-state index contributed by atoms with van der Waals surface area (Å²) in [4.78, 5) is 27.0. The van der Waals surface area contributed by atoms with E-state index in [2.05, 4.69) is 10.3 Å². The number of aromatic amines is 1. The van der Waals surface area contributed by atoms with E-state index in [9.17, 15) is 9.59 Å². The molecule has 2 aliphatic carbocycles. The standard InChI is InChI=1S/C17H18N2O2/c20-15-14-5-4-13(10-11(14)6-9-18-15)19-16(21)17(7-1-8-17)12-2-3-12/h4-6,9-10,12H,1-3,7-8H2,(H,18,20)(H,19,21). The highest BCUT2D eigenvalue weighted by Gasteiger charge is 2.54. The van der Waals surface area contributed by atoms with Crippen LogP contribution in [0.5, 0.6) is 0 Å². The second kappa shape index (κ2) is 4.45. The highest BCUT2D eigenvalue weighted by atomic mass is 16.2. The van der Waals surface area contributed by atoms with Gasteiger partial charge in [0.2, 0.25) is 5.91 Å². The molecule has 0 aliphatic heterocycles. The van der Waals surface area contributed by atoms with Crippen LogP contribution in [0, 0.1) is 11.3 Å². The lowest BCUT2D eigenvalue weighted by Gasteiger charge is -2.40. The van der Waals surface area contributed by atoms with Crippen LogP contribution in [0.4, 0.5) is 5.69 Å². The molecular formula is C17H18N2O2. The quantitative estimate of drug-likeness (QED) is 0.909. The Balaban J connectivity index is 1.62. The minimum Gasteiger partial charge on any atom is -0.329 e. The van der Waals surface area contributed by atoms with Gasteiger partial charge in [-0.15, -0.1) is 0 Å². The molecule has 1 amide bonds. The number of pyridine rings is 1. The van der Waals surface area contributed by atoms with Crippen molar-refractivity contribution in [1.82, 2.24) is 4.98 Å². The molecule has 0 unspecified atom stereocenters. The van der Waals surface area contributed by atoms with E-state index in [-0.39, 0.29) is 16.9 Å². The van der Waals surface area contributed by atoms with Crippen molar-refractivity contribution in [3.8, 4) is 0 Å². The van der Waals surface area contributed by atoms with Crippen molar-refractivity contribution in [1.29, 1.82) is 0 Å². The van der Waals surface area contributed by atoms with Crippen LogP contribution in [0.15, 0.2) is 35.3 Å². The van der Waals surface area contributed by atoms with Crippen molar-refractivity contribution in [2.45, 2.75) is 32.1 Å². The molecule has 4 nitrogen and oxygen atoms in total. The Kier molecular flexibility index (Phi) is 2.67. The fourth-order valence-corrected chi connectivity index (χ4v) is 3.54. The van der Waals surface area contributed by atoms with Gasteiger partial charge in [-0.2, -0.15) is 0 Å². The van der Waals surface area contributed by atoms with Crippen LogP contribution in [-0.4, -0.2) is 10.9 Å². The van der Waals surface area contributed by atoms with E-state index in [1.54, 1.807) is 12.3 Å². The highest BCUT2D eigenvalue weighted by molar-refractivity contribution is 5.98. The summed E-state index contributed by atoms with van der Waals surface area (Å²) in [6, 6.07) is 7.32. The van der Waals surface area contributed by atoms with Gasteiger partial charge in [0.15, 0.2) is 0 Å². The van der Waals surface area contributed by atoms with Crippen LogP contribution in [0.3, 0.4) is 0 Å². The van der Waals surface area contributed by atoms with Gasteiger partial charge < -0.3 is 10.3 Å². The third kappa shape index (κ3) is 1.97. The summed E-state index contributed by atoms with van der Waals surface area (Å²) in [6.07, 6.45) is 7.24. The Morgan fingerprint density at radius 2 is 2.05 bits per heavy atom. The summed E-state index contributed by atoms with van der Waals surface area (Å²) >= 11 is 0. The molecule has 2 fully saturated rings. The van der Waals surface area contributed by atoms with Crippen molar-refractivity contribution in [3.63, 3.8) is 0 Å². The molecule has 2 N–H and O–H groups in total. The number of nitrogens with one attached hydrogen (secondary N) is 2. The third-order valence-corrected chi connectivity index (χ3v) is 5.09. The van der Waals surface area contributed by atoms with Gasteiger partial charge in [-0.25, -0.2) is 0 Å². The molecule has 4 rings (SSSR count). The van der Waals surface area contributed by atoms with Gasteiger partial charge in [0.25, 0.3) is 5.56 Å². The minimum atomic E-state index is -0.108. The SMILES string of the molecule is O=C(Nc1ccc2c(=O)[nH]ccc2c1)C1(C2CC2)CCC1. The fourth-order valence-electron chi connectivity index (χ4n) is 3.54. The summed E-state index contributed by atoms with van der Waals surface area (Å²) in [7, 11) is 0. The average molecular weight is 282 g/mol. The molecule has 21 heavy (non-hydrogen) atoms. The van der Waals surface area contributed by atoms with Gasteiger partial charge in [-0.3, -0.25) is 9.59 Å². The monoisotopic (exact) mass is 282 g/mol. The molecule has 108 valence electrons. The van der Waals surface area contributed by atoms with E-state index in [0.717, 1.165) is 30.3 Å². The van der Waals surface area contributed by atoms with Crippen molar-refractivity contribution in [2.75, 3.05) is 5.32 Å². The first kappa shape index (κ1) is 12.6. The number of aromatic nitrogens is 1. The number of anilines is 1. The first-order valence-electron chi connectivity index (χ1n) is 7.62. The second-order valence-corrected chi connectivity index (χ2v) is 6.35. The lowest BCUT2D eigenvalue weighted by Crippen LogP contribution is -2.43. The summed E-state index contributed by atoms with van der Waals surface area (Å²) in [5.74, 6) is 0.759. The van der Waals surface area contributed by atoms with E-state index in [1.807, 2.05) is 18.2 Å². The molecule has 0 saturated heterocycles. The Bertz CT molecular complexity index is 770. The molecule has 1 heterocycles. The smallest absolute Gasteiger partial charge is 0.255 e. The van der Waals surface area contributed by atoms with Gasteiger partial charge in [0.05, 0.1) is 5.41 Å². The van der Waals surface area contributed by atoms with Gasteiger partial charge in [0.1, 0.15) is 0 Å². The molecule has 1 aromatic heterocycles. The number of rotatable bonds is 3. The second-order valence-electron chi connectivity index (χ2n) is 6.35. The maximum atomic E-state index is 12.6. The van der Waals surface area contributed by atoms with E-state index >= 15 is 0 Å². The van der Waals surface area contributed by atoms with Gasteiger partial charge in [0, 0.05) is 17.3 Å². The fraction of sp³-hybridized carbons (Fsp3) is 0.412. The number of fused-ring (bicyclic) bond motifs is 1. The van der Waals surface area contributed by atoms with Crippen LogP contribution in [0.1, 0.15) is 32.1 Å². The summed E-state index contributed by atoms with van der Waals surface area (Å²) in [5.41, 5.74) is 0.576. The molecule has 0 radical (unpaired) electrons. The van der Waals surface area contributed by atoms with Crippen LogP contribution >= 0.6 is 0 Å². The lowest BCUT2D eigenvalue weighted by atomic mass is 9.64. The van der Waals surface area contributed by atoms with Crippen molar-refractivity contribution in [2.24, 2.45) is 11.3 Å². The maximum Gasteiger partial charge on any atom is 0.255 e. The topological polar surface area (TPSA) is 62.0 Å². The maximum absolute atomic E-state index is 12.6. The average Bonchev–Trinajstić information content (AvgIpc) is 3.22. The summed E-state index contributed by atoms with van der Waals surface area (Å²) in [6.45, 7) is 0. The molecule has 2 aromatic rings. The van der Waals surface area contributed by atoms with E-state index in [0.29, 0.717) is 11.3 Å². The van der Waals surface area contributed by atoms with Crippen molar-refractivity contribution < 1.29 is 4.79 Å². The Hall–Kier alpha value is -2.10. The normalized spacial score (nSPS) is 20.0. The zero-order chi connectivity index (χ0) is 14.4. The first-order valence-corrected chi connectivity index (χ1v) is 7.62. The highest BCUT2D eigenvalue weighted by Crippen LogP contribution is 2.57. The molecule has 4 heteroatoms. The number of amides is 1. The summed E-state index contributed by atoms with van der Waals surface area (Å²) < 4.78 is 0. The predicted octanol–water partition coefficient (Wildman–Crippen LogP) is 3.05. The molecule has 0 bridgehead atoms. The first-order chi connectivity index (χ1) is 10.2. The number of benzene rings is 1. The Morgan fingerprint density at radius 3 is 2.71 bits per heavy atom. The predicted molar refractivity (Wildman–Crippen MR) is 82.2 cm³/mol. The van der Waals surface area contributed by atoms with Gasteiger partial charge in [-0.05, 0) is 61.3 Å². The van der Waals surface area contributed by atoms with Crippen LogP contribution in [0.25, 0.3) is 10.8 Å². The third-order valence-electron chi connectivity index (χ3n) is 5.09. The number of carbonyl (C=O) groups excluding carboxylic acids is 1. The molecule has 1 aromatic carbocycles. The Morgan fingerprint density at radius 1 is 1.24 bits per heavy atom. The number of H-pyrrole nitrogens is 1. The van der Waals surface area contributed by atoms with Gasteiger partial charge in [-0.1, -0.05) is 6.42 Å². The molecule has 0 atom stereocenters. The number of hydrogen-bond acceptors (Lipinski definition) is 2.